The van der Waals surface area contributed by atoms with Crippen LogP contribution in [0.15, 0.2) is 18.2 Å². The van der Waals surface area contributed by atoms with Crippen LogP contribution < -0.4 is 16.4 Å². The van der Waals surface area contributed by atoms with Gasteiger partial charge in [0.15, 0.2) is 0 Å². The first-order valence-corrected chi connectivity index (χ1v) is 9.86. The van der Waals surface area contributed by atoms with Crippen molar-refractivity contribution in [1.29, 1.82) is 0 Å². The monoisotopic (exact) mass is 372 g/mol. The standard InChI is InChI=1S/C15H24N4O5S/c1-11-4-5-13(14(10-11)19(21)22)17-7-3-8-18-15(20)12(16)6-9-25(2,23)24/h4-5,10,12,17H,3,6-9,16H2,1-2H3,(H,18,20). The van der Waals surface area contributed by atoms with Crippen molar-refractivity contribution in [3.05, 3.63) is 33.9 Å². The third-order valence-corrected chi connectivity index (χ3v) is 4.43. The van der Waals surface area contributed by atoms with Gasteiger partial charge in [-0.1, -0.05) is 6.07 Å². The van der Waals surface area contributed by atoms with E-state index >= 15 is 0 Å². The van der Waals surface area contributed by atoms with Gasteiger partial charge in [-0.3, -0.25) is 14.9 Å². The van der Waals surface area contributed by atoms with E-state index in [9.17, 15) is 23.3 Å². The molecule has 0 heterocycles. The maximum absolute atomic E-state index is 11.7. The summed E-state index contributed by atoms with van der Waals surface area (Å²) in [6.07, 6.45) is 1.70. The van der Waals surface area contributed by atoms with E-state index in [1.807, 2.05) is 0 Å². The molecule has 1 rings (SSSR count). The largest absolute Gasteiger partial charge is 0.379 e. The highest BCUT2D eigenvalue weighted by Crippen LogP contribution is 2.24. The van der Waals surface area contributed by atoms with Gasteiger partial charge in [0.2, 0.25) is 5.91 Å². The number of nitrogens with two attached hydrogens (primary N) is 1. The number of nitrogens with one attached hydrogen (secondary N) is 2. The van der Waals surface area contributed by atoms with Gasteiger partial charge in [-0.15, -0.1) is 0 Å². The average Bonchev–Trinajstić information content (AvgIpc) is 2.52. The lowest BCUT2D eigenvalue weighted by atomic mass is 10.2. The summed E-state index contributed by atoms with van der Waals surface area (Å²) >= 11 is 0. The Balaban J connectivity index is 2.35. The van der Waals surface area contributed by atoms with E-state index in [1.54, 1.807) is 19.1 Å². The molecule has 1 aromatic rings. The number of anilines is 1. The molecule has 0 aliphatic heterocycles. The number of nitro benzene ring substituents is 1. The van der Waals surface area contributed by atoms with Crippen molar-refractivity contribution in [2.45, 2.75) is 25.8 Å². The van der Waals surface area contributed by atoms with Crippen molar-refractivity contribution in [3.8, 4) is 0 Å². The molecule has 0 aliphatic rings. The van der Waals surface area contributed by atoms with Gasteiger partial charge in [-0.2, -0.15) is 0 Å². The van der Waals surface area contributed by atoms with Crippen LogP contribution in [-0.4, -0.2) is 50.4 Å². The molecule has 9 nitrogen and oxygen atoms in total. The molecule has 0 saturated carbocycles. The van der Waals surface area contributed by atoms with E-state index in [0.29, 0.717) is 25.2 Å². The van der Waals surface area contributed by atoms with Crippen molar-refractivity contribution < 1.29 is 18.1 Å². The van der Waals surface area contributed by atoms with Gasteiger partial charge < -0.3 is 16.4 Å². The molecule has 0 saturated heterocycles. The Morgan fingerprint density at radius 1 is 1.36 bits per heavy atom. The predicted molar refractivity (Wildman–Crippen MR) is 96.3 cm³/mol. The molecule has 1 aromatic carbocycles. The fourth-order valence-corrected chi connectivity index (χ4v) is 2.75. The Hall–Kier alpha value is -2.20. The third-order valence-electron chi connectivity index (χ3n) is 3.45. The van der Waals surface area contributed by atoms with Gasteiger partial charge in [0.05, 0.1) is 16.7 Å². The molecule has 1 atom stereocenters. The highest BCUT2D eigenvalue weighted by atomic mass is 32.2. The number of nitro groups is 1. The number of rotatable bonds is 10. The third kappa shape index (κ3) is 7.94. The van der Waals surface area contributed by atoms with Crippen molar-refractivity contribution in [1.82, 2.24) is 5.32 Å². The molecule has 0 bridgehead atoms. The summed E-state index contributed by atoms with van der Waals surface area (Å²) in [6, 6.07) is 4.04. The molecule has 0 aromatic heterocycles. The van der Waals surface area contributed by atoms with Crippen molar-refractivity contribution in [3.63, 3.8) is 0 Å². The molecule has 140 valence electrons. The molecule has 0 spiro atoms. The van der Waals surface area contributed by atoms with Crippen molar-refractivity contribution >= 4 is 27.1 Å². The minimum absolute atomic E-state index is 0.00633. The second-order valence-corrected chi connectivity index (χ2v) is 8.13. The number of hydrogen-bond donors (Lipinski definition) is 3. The van der Waals surface area contributed by atoms with Gasteiger partial charge in [-0.25, -0.2) is 8.42 Å². The molecule has 25 heavy (non-hydrogen) atoms. The summed E-state index contributed by atoms with van der Waals surface area (Å²) in [5, 5.41) is 16.6. The lowest BCUT2D eigenvalue weighted by molar-refractivity contribution is -0.384. The predicted octanol–water partition coefficient (Wildman–Crippen LogP) is 0.583. The van der Waals surface area contributed by atoms with Crippen LogP contribution in [0.4, 0.5) is 11.4 Å². The number of benzene rings is 1. The Morgan fingerprint density at radius 3 is 2.64 bits per heavy atom. The smallest absolute Gasteiger partial charge is 0.292 e. The van der Waals surface area contributed by atoms with Gasteiger partial charge >= 0.3 is 0 Å². The maximum atomic E-state index is 11.7. The second kappa shape index (κ2) is 9.33. The van der Waals surface area contributed by atoms with Crippen molar-refractivity contribution in [2.75, 3.05) is 30.4 Å². The summed E-state index contributed by atoms with van der Waals surface area (Å²) in [7, 11) is -3.15. The molecule has 0 fully saturated rings. The minimum Gasteiger partial charge on any atom is -0.379 e. The van der Waals surface area contributed by atoms with Crippen LogP contribution in [0.25, 0.3) is 0 Å². The van der Waals surface area contributed by atoms with E-state index in [4.69, 9.17) is 5.73 Å². The first-order valence-electron chi connectivity index (χ1n) is 7.80. The summed E-state index contributed by atoms with van der Waals surface area (Å²) < 4.78 is 22.1. The molecule has 1 amide bonds. The summed E-state index contributed by atoms with van der Waals surface area (Å²) in [4.78, 5) is 22.3. The molecule has 4 N–H and O–H groups in total. The Kier molecular flexibility index (Phi) is 7.78. The maximum Gasteiger partial charge on any atom is 0.292 e. The number of sulfone groups is 1. The van der Waals surface area contributed by atoms with Crippen LogP contribution in [-0.2, 0) is 14.6 Å². The zero-order chi connectivity index (χ0) is 19.0. The number of aryl methyl sites for hydroxylation is 1. The summed E-state index contributed by atoms with van der Waals surface area (Å²) in [5.74, 6) is -0.551. The zero-order valence-corrected chi connectivity index (χ0v) is 15.1. The first-order chi connectivity index (χ1) is 11.6. The molecular formula is C15H24N4O5S. The number of carbonyl (C=O) groups excluding carboxylic acids is 1. The highest BCUT2D eigenvalue weighted by Gasteiger charge is 2.16. The summed E-state index contributed by atoms with van der Waals surface area (Å²) in [6.45, 7) is 2.54. The SMILES string of the molecule is Cc1ccc(NCCCNC(=O)C(N)CCS(C)(=O)=O)c([N+](=O)[O-])c1. The average molecular weight is 372 g/mol. The van der Waals surface area contributed by atoms with Gasteiger partial charge in [0.1, 0.15) is 15.5 Å². The molecule has 10 heteroatoms. The van der Waals surface area contributed by atoms with E-state index in [1.165, 1.54) is 6.07 Å². The lowest BCUT2D eigenvalue weighted by Gasteiger charge is -2.12. The number of amides is 1. The van der Waals surface area contributed by atoms with Crippen LogP contribution in [0, 0.1) is 17.0 Å². The molecular weight excluding hydrogens is 348 g/mol. The fourth-order valence-electron chi connectivity index (χ4n) is 2.07. The fraction of sp³-hybridized carbons (Fsp3) is 0.533. The first kappa shape index (κ1) is 20.8. The van der Waals surface area contributed by atoms with Gasteiger partial charge in [-0.05, 0) is 31.4 Å². The normalized spacial score (nSPS) is 12.4. The Labute approximate surface area is 147 Å². The Bertz CT molecular complexity index is 721. The number of carbonyl (C=O) groups is 1. The topological polar surface area (TPSA) is 144 Å². The molecule has 0 radical (unpaired) electrons. The van der Waals surface area contributed by atoms with Crippen LogP contribution in [0.3, 0.4) is 0 Å². The van der Waals surface area contributed by atoms with E-state index in [0.717, 1.165) is 11.8 Å². The van der Waals surface area contributed by atoms with Crippen molar-refractivity contribution in [2.24, 2.45) is 5.73 Å². The Morgan fingerprint density at radius 2 is 2.04 bits per heavy atom. The molecule has 0 aliphatic carbocycles. The second-order valence-electron chi connectivity index (χ2n) is 5.87. The van der Waals surface area contributed by atoms with Crippen LogP contribution in [0.1, 0.15) is 18.4 Å². The van der Waals surface area contributed by atoms with Crippen LogP contribution >= 0.6 is 0 Å². The van der Waals surface area contributed by atoms with Gasteiger partial charge in [0.25, 0.3) is 5.69 Å². The van der Waals surface area contributed by atoms with E-state index in [-0.39, 0.29) is 17.9 Å². The van der Waals surface area contributed by atoms with Crippen LogP contribution in [0.5, 0.6) is 0 Å². The molecule has 1 unspecified atom stereocenters. The number of hydrogen-bond acceptors (Lipinski definition) is 7. The van der Waals surface area contributed by atoms with Gasteiger partial charge in [0, 0.05) is 25.4 Å². The quantitative estimate of drug-likeness (QED) is 0.309. The minimum atomic E-state index is -3.15. The summed E-state index contributed by atoms with van der Waals surface area (Å²) in [5.41, 5.74) is 6.86. The zero-order valence-electron chi connectivity index (χ0n) is 14.3. The lowest BCUT2D eigenvalue weighted by Crippen LogP contribution is -2.42. The highest BCUT2D eigenvalue weighted by molar-refractivity contribution is 7.90. The van der Waals surface area contributed by atoms with E-state index < -0.39 is 26.7 Å². The van der Waals surface area contributed by atoms with E-state index in [2.05, 4.69) is 10.6 Å². The number of nitrogens with zero attached hydrogens (tertiary/aromatic N) is 1. The van der Waals surface area contributed by atoms with Crippen LogP contribution in [0.2, 0.25) is 0 Å².